The van der Waals surface area contributed by atoms with Crippen LogP contribution in [0, 0.1) is 5.41 Å². The molecule has 4 nitrogen and oxygen atoms in total. The summed E-state index contributed by atoms with van der Waals surface area (Å²) in [6.07, 6.45) is 7.96. The minimum atomic E-state index is 0.0158. The van der Waals surface area contributed by atoms with E-state index in [1.807, 2.05) is 0 Å². The van der Waals surface area contributed by atoms with Gasteiger partial charge in [0.15, 0.2) is 0 Å². The van der Waals surface area contributed by atoms with Gasteiger partial charge in [0.05, 0.1) is 6.54 Å². The zero-order valence-corrected chi connectivity index (χ0v) is 11.6. The van der Waals surface area contributed by atoms with Crippen molar-refractivity contribution >= 4 is 5.91 Å². The summed E-state index contributed by atoms with van der Waals surface area (Å²) >= 11 is 0. The highest BCUT2D eigenvalue weighted by Gasteiger charge is 2.30. The lowest BCUT2D eigenvalue weighted by molar-refractivity contribution is -0.120. The highest BCUT2D eigenvalue weighted by atomic mass is 16.3. The maximum atomic E-state index is 11.5. The molecule has 4 heteroatoms. The molecule has 18 heavy (non-hydrogen) atoms. The summed E-state index contributed by atoms with van der Waals surface area (Å²) in [5.74, 6) is 0.0624. The molecule has 106 valence electrons. The van der Waals surface area contributed by atoms with Crippen LogP contribution in [0.3, 0.4) is 0 Å². The van der Waals surface area contributed by atoms with Crippen molar-refractivity contribution in [3.8, 4) is 0 Å². The molecule has 0 heterocycles. The quantitative estimate of drug-likeness (QED) is 0.576. The summed E-state index contributed by atoms with van der Waals surface area (Å²) in [5.41, 5.74) is 0.0158. The molecular formula is C14H28N2O2. The van der Waals surface area contributed by atoms with Gasteiger partial charge in [0.2, 0.25) is 5.91 Å². The lowest BCUT2D eigenvalue weighted by Crippen LogP contribution is -2.43. The summed E-state index contributed by atoms with van der Waals surface area (Å²) in [6, 6.07) is 0. The third-order valence-corrected chi connectivity index (χ3v) is 3.89. The molecule has 0 radical (unpaired) electrons. The van der Waals surface area contributed by atoms with Crippen molar-refractivity contribution in [3.05, 3.63) is 0 Å². The number of carbonyl (C=O) groups is 1. The molecule has 0 bridgehead atoms. The van der Waals surface area contributed by atoms with Gasteiger partial charge in [0.25, 0.3) is 0 Å². The molecule has 0 aromatic rings. The lowest BCUT2D eigenvalue weighted by Gasteiger charge is -2.35. The predicted octanol–water partition coefficient (Wildman–Crippen LogP) is 1.44. The first kappa shape index (κ1) is 15.4. The first-order chi connectivity index (χ1) is 8.72. The van der Waals surface area contributed by atoms with Crippen molar-refractivity contribution in [2.24, 2.45) is 5.41 Å². The molecular weight excluding hydrogens is 228 g/mol. The van der Waals surface area contributed by atoms with Gasteiger partial charge in [-0.3, -0.25) is 4.79 Å². The van der Waals surface area contributed by atoms with Crippen molar-refractivity contribution in [3.63, 3.8) is 0 Å². The Labute approximate surface area is 111 Å². The van der Waals surface area contributed by atoms with E-state index in [0.717, 1.165) is 38.8 Å². The van der Waals surface area contributed by atoms with Crippen LogP contribution in [-0.4, -0.2) is 37.3 Å². The average molecular weight is 256 g/mol. The van der Waals surface area contributed by atoms with Crippen LogP contribution in [0.2, 0.25) is 0 Å². The first-order valence-electron chi connectivity index (χ1n) is 7.31. The lowest BCUT2D eigenvalue weighted by atomic mass is 9.74. The molecule has 0 unspecified atom stereocenters. The van der Waals surface area contributed by atoms with Crippen LogP contribution in [0.4, 0.5) is 0 Å². The number of rotatable bonds is 8. The zero-order chi connectivity index (χ0) is 13.3. The predicted molar refractivity (Wildman–Crippen MR) is 73.4 cm³/mol. The van der Waals surface area contributed by atoms with Crippen LogP contribution >= 0.6 is 0 Å². The van der Waals surface area contributed by atoms with Crippen molar-refractivity contribution in [1.29, 1.82) is 0 Å². The molecule has 0 atom stereocenters. The van der Waals surface area contributed by atoms with Gasteiger partial charge in [0, 0.05) is 25.1 Å². The topological polar surface area (TPSA) is 61.4 Å². The van der Waals surface area contributed by atoms with E-state index in [1.54, 1.807) is 0 Å². The molecule has 0 spiro atoms. The number of aliphatic hydroxyl groups excluding tert-OH is 1. The van der Waals surface area contributed by atoms with Crippen molar-refractivity contribution < 1.29 is 9.90 Å². The smallest absolute Gasteiger partial charge is 0.233 e. The van der Waals surface area contributed by atoms with Crippen molar-refractivity contribution in [1.82, 2.24) is 10.6 Å². The average Bonchev–Trinajstić information content (AvgIpc) is 2.40. The number of amides is 1. The van der Waals surface area contributed by atoms with Gasteiger partial charge in [-0.05, 0) is 19.3 Å². The van der Waals surface area contributed by atoms with Gasteiger partial charge in [-0.15, -0.1) is 0 Å². The maximum Gasteiger partial charge on any atom is 0.233 e. The number of aliphatic hydroxyl groups is 1. The number of hydrogen-bond acceptors (Lipinski definition) is 3. The first-order valence-corrected chi connectivity index (χ1v) is 7.31. The van der Waals surface area contributed by atoms with E-state index in [-0.39, 0.29) is 17.9 Å². The van der Waals surface area contributed by atoms with E-state index in [9.17, 15) is 9.90 Å². The molecule has 1 aliphatic carbocycles. The summed E-state index contributed by atoms with van der Waals surface area (Å²) in [5, 5.41) is 15.6. The van der Waals surface area contributed by atoms with Gasteiger partial charge in [-0.2, -0.15) is 0 Å². The van der Waals surface area contributed by atoms with Crippen LogP contribution in [-0.2, 0) is 4.79 Å². The molecule has 3 N–H and O–H groups in total. The molecule has 0 saturated heterocycles. The van der Waals surface area contributed by atoms with E-state index >= 15 is 0 Å². The second-order valence-electron chi connectivity index (χ2n) is 5.53. The zero-order valence-electron chi connectivity index (χ0n) is 11.6. The molecule has 0 aromatic heterocycles. The summed E-state index contributed by atoms with van der Waals surface area (Å²) in [6.45, 7) is 4.23. The normalized spacial score (nSPS) is 18.6. The molecule has 0 aromatic carbocycles. The van der Waals surface area contributed by atoms with Gasteiger partial charge in [-0.25, -0.2) is 0 Å². The SMILES string of the molecule is CCCCNC(=O)CNCC1(CO)CCCCC1. The van der Waals surface area contributed by atoms with Gasteiger partial charge in [0.1, 0.15) is 0 Å². The number of nitrogens with one attached hydrogen (secondary N) is 2. The molecule has 1 fully saturated rings. The summed E-state index contributed by atoms with van der Waals surface area (Å²) in [4.78, 5) is 11.5. The van der Waals surface area contributed by atoms with E-state index in [2.05, 4.69) is 17.6 Å². The van der Waals surface area contributed by atoms with E-state index in [1.165, 1.54) is 19.3 Å². The fourth-order valence-electron chi connectivity index (χ4n) is 2.60. The second-order valence-corrected chi connectivity index (χ2v) is 5.53. The number of hydrogen-bond donors (Lipinski definition) is 3. The number of unbranched alkanes of at least 4 members (excludes halogenated alkanes) is 1. The van der Waals surface area contributed by atoms with Crippen LogP contribution in [0.25, 0.3) is 0 Å². The van der Waals surface area contributed by atoms with Crippen LogP contribution in [0.15, 0.2) is 0 Å². The Balaban J connectivity index is 2.16. The largest absolute Gasteiger partial charge is 0.396 e. The fourth-order valence-corrected chi connectivity index (χ4v) is 2.60. The monoisotopic (exact) mass is 256 g/mol. The van der Waals surface area contributed by atoms with E-state index in [4.69, 9.17) is 0 Å². The standard InChI is InChI=1S/C14H28N2O2/c1-2-3-9-16-13(18)10-15-11-14(12-17)7-5-4-6-8-14/h15,17H,2-12H2,1H3,(H,16,18). The molecule has 1 aliphatic rings. The van der Waals surface area contributed by atoms with E-state index < -0.39 is 0 Å². The Bertz CT molecular complexity index is 238. The van der Waals surface area contributed by atoms with Crippen LogP contribution in [0.1, 0.15) is 51.9 Å². The Hall–Kier alpha value is -0.610. The Kier molecular flexibility index (Phi) is 7.28. The third kappa shape index (κ3) is 5.36. The van der Waals surface area contributed by atoms with Crippen molar-refractivity contribution in [2.45, 2.75) is 51.9 Å². The Morgan fingerprint density at radius 3 is 2.61 bits per heavy atom. The van der Waals surface area contributed by atoms with Crippen molar-refractivity contribution in [2.75, 3.05) is 26.2 Å². The molecule has 0 aliphatic heterocycles. The van der Waals surface area contributed by atoms with Crippen LogP contribution < -0.4 is 10.6 Å². The summed E-state index contributed by atoms with van der Waals surface area (Å²) < 4.78 is 0. The number of carbonyl (C=O) groups excluding carboxylic acids is 1. The highest BCUT2D eigenvalue weighted by Crippen LogP contribution is 2.34. The minimum Gasteiger partial charge on any atom is -0.396 e. The Morgan fingerprint density at radius 2 is 2.00 bits per heavy atom. The van der Waals surface area contributed by atoms with Gasteiger partial charge < -0.3 is 15.7 Å². The molecule has 1 rings (SSSR count). The van der Waals surface area contributed by atoms with E-state index in [0.29, 0.717) is 6.54 Å². The van der Waals surface area contributed by atoms with Gasteiger partial charge in [-0.1, -0.05) is 32.6 Å². The molecule has 1 saturated carbocycles. The second kappa shape index (κ2) is 8.48. The van der Waals surface area contributed by atoms with Gasteiger partial charge >= 0.3 is 0 Å². The minimum absolute atomic E-state index is 0.0158. The van der Waals surface area contributed by atoms with Crippen LogP contribution in [0.5, 0.6) is 0 Å². The third-order valence-electron chi connectivity index (χ3n) is 3.89. The highest BCUT2D eigenvalue weighted by molar-refractivity contribution is 5.77. The summed E-state index contributed by atoms with van der Waals surface area (Å²) in [7, 11) is 0. The molecule has 1 amide bonds. The fraction of sp³-hybridized carbons (Fsp3) is 0.929. The Morgan fingerprint density at radius 1 is 1.28 bits per heavy atom. The maximum absolute atomic E-state index is 11.5.